The predicted molar refractivity (Wildman–Crippen MR) is 62.4 cm³/mol. The monoisotopic (exact) mass is 254 g/mol. The van der Waals surface area contributed by atoms with E-state index in [9.17, 15) is 14.5 Å². The number of nitro benzene ring substituents is 1. The summed E-state index contributed by atoms with van der Waals surface area (Å²) in [6.07, 6.45) is 3.33. The Morgan fingerprint density at radius 1 is 1.65 bits per heavy atom. The third kappa shape index (κ3) is 3.73. The molecule has 88 valence electrons. The number of halogens is 1. The highest BCUT2D eigenvalue weighted by Crippen LogP contribution is 2.23. The lowest BCUT2D eigenvalue weighted by atomic mass is 10.3. The van der Waals surface area contributed by atoms with Gasteiger partial charge in [-0.25, -0.2) is 9.38 Å². The maximum atomic E-state index is 13.1. The van der Waals surface area contributed by atoms with Crippen molar-refractivity contribution >= 4 is 28.3 Å². The second-order valence-corrected chi connectivity index (χ2v) is 3.58. The molecule has 1 aromatic carbocycles. The number of thioether (sulfide) groups is 1. The van der Waals surface area contributed by atoms with E-state index in [0.717, 1.165) is 30.0 Å². The lowest BCUT2D eigenvalue weighted by Gasteiger charge is -2.00. The molecule has 0 aromatic heterocycles. The van der Waals surface area contributed by atoms with E-state index in [4.69, 9.17) is 5.26 Å². The summed E-state index contributed by atoms with van der Waals surface area (Å²) >= 11 is 1.13. The zero-order valence-electron chi connectivity index (χ0n) is 8.68. The first-order chi connectivity index (χ1) is 8.06. The quantitative estimate of drug-likeness (QED) is 0.218. The molecule has 0 bridgehead atoms. The van der Waals surface area contributed by atoms with Crippen LogP contribution in [0.25, 0.3) is 0 Å². The number of nitriles is 1. The van der Waals surface area contributed by atoms with Gasteiger partial charge in [0.05, 0.1) is 16.7 Å². The van der Waals surface area contributed by atoms with E-state index < -0.39 is 10.7 Å². The largest absolute Gasteiger partial charge is 0.274 e. The molecule has 0 saturated carbocycles. The average molecular weight is 254 g/mol. The minimum absolute atomic E-state index is 0.0730. The van der Waals surface area contributed by atoms with Gasteiger partial charge in [0.2, 0.25) is 0 Å². The number of nitrogens with one attached hydrogen (secondary N) is 1. The molecular formula is C9H7FN4O2S. The molecule has 1 aromatic rings. The van der Waals surface area contributed by atoms with Gasteiger partial charge in [0.1, 0.15) is 5.82 Å². The van der Waals surface area contributed by atoms with Crippen LogP contribution < -0.4 is 5.32 Å². The molecule has 1 rings (SSSR count). The number of amidine groups is 1. The maximum absolute atomic E-state index is 13.1. The molecule has 0 fully saturated rings. The Hall–Kier alpha value is -2.14. The summed E-state index contributed by atoms with van der Waals surface area (Å²) in [5, 5.41) is 21.4. The van der Waals surface area contributed by atoms with Crippen LogP contribution in [0.2, 0.25) is 0 Å². The summed E-state index contributed by atoms with van der Waals surface area (Å²) in [7, 11) is 0. The Labute approximate surface area is 100 Å². The van der Waals surface area contributed by atoms with E-state index in [-0.39, 0.29) is 16.5 Å². The van der Waals surface area contributed by atoms with E-state index in [1.807, 2.05) is 0 Å². The zero-order chi connectivity index (χ0) is 12.8. The Bertz CT molecular complexity index is 512. The summed E-state index contributed by atoms with van der Waals surface area (Å²) in [5.41, 5.74) is -0.315. The van der Waals surface area contributed by atoms with Gasteiger partial charge in [0.25, 0.3) is 5.69 Å². The van der Waals surface area contributed by atoms with Gasteiger partial charge in [-0.15, -0.1) is 0 Å². The highest BCUT2D eigenvalue weighted by molar-refractivity contribution is 8.13. The topological polar surface area (TPSA) is 91.3 Å². The molecule has 0 amide bonds. The minimum Gasteiger partial charge on any atom is -0.271 e. The van der Waals surface area contributed by atoms with Crippen molar-refractivity contribution in [2.45, 2.75) is 0 Å². The van der Waals surface area contributed by atoms with Gasteiger partial charge in [0.15, 0.2) is 11.4 Å². The van der Waals surface area contributed by atoms with E-state index in [2.05, 4.69) is 10.3 Å². The van der Waals surface area contributed by atoms with Crippen molar-refractivity contribution < 1.29 is 9.31 Å². The fraction of sp³-hybridized carbons (Fsp3) is 0.111. The van der Waals surface area contributed by atoms with Gasteiger partial charge in [0, 0.05) is 12.1 Å². The molecule has 0 aliphatic rings. The lowest BCUT2D eigenvalue weighted by Crippen LogP contribution is -2.12. The third-order valence-electron chi connectivity index (χ3n) is 1.66. The molecule has 0 aliphatic heterocycles. The van der Waals surface area contributed by atoms with Gasteiger partial charge in [-0.1, -0.05) is 11.8 Å². The number of nitrogens with zero attached hydrogens (tertiary/aromatic N) is 3. The Morgan fingerprint density at radius 2 is 2.35 bits per heavy atom. The van der Waals surface area contributed by atoms with Crippen molar-refractivity contribution in [1.82, 2.24) is 5.32 Å². The van der Waals surface area contributed by atoms with Crippen molar-refractivity contribution in [3.8, 4) is 6.19 Å². The molecule has 0 saturated heterocycles. The summed E-state index contributed by atoms with van der Waals surface area (Å²) in [6.45, 7) is 0. The Balaban J connectivity index is 3.14. The SMILES string of the molecule is CSC(=Nc1cc(F)cc([N+](=O)[O-])c1)NC#N. The van der Waals surface area contributed by atoms with Crippen LogP contribution in [0.5, 0.6) is 0 Å². The van der Waals surface area contributed by atoms with Crippen LogP contribution in [0.1, 0.15) is 0 Å². The van der Waals surface area contributed by atoms with E-state index in [1.54, 1.807) is 12.4 Å². The molecule has 17 heavy (non-hydrogen) atoms. The molecule has 0 spiro atoms. The molecular weight excluding hydrogens is 247 g/mol. The summed E-state index contributed by atoms with van der Waals surface area (Å²) in [4.78, 5) is 13.7. The molecule has 0 heterocycles. The molecule has 0 atom stereocenters. The lowest BCUT2D eigenvalue weighted by molar-refractivity contribution is -0.385. The van der Waals surface area contributed by atoms with E-state index in [1.165, 1.54) is 0 Å². The van der Waals surface area contributed by atoms with Crippen molar-refractivity contribution in [2.75, 3.05) is 6.26 Å². The van der Waals surface area contributed by atoms with Crippen LogP contribution in [-0.2, 0) is 0 Å². The summed E-state index contributed by atoms with van der Waals surface area (Å²) < 4.78 is 13.1. The predicted octanol–water partition coefficient (Wildman–Crippen LogP) is 2.16. The second-order valence-electron chi connectivity index (χ2n) is 2.78. The maximum Gasteiger partial charge on any atom is 0.274 e. The van der Waals surface area contributed by atoms with Gasteiger partial charge in [-0.05, 0) is 6.26 Å². The van der Waals surface area contributed by atoms with Crippen LogP contribution in [-0.4, -0.2) is 16.3 Å². The number of non-ortho nitro benzene ring substituents is 1. The third-order valence-corrected chi connectivity index (χ3v) is 2.25. The number of hydrogen-bond acceptors (Lipinski definition) is 5. The van der Waals surface area contributed by atoms with Crippen molar-refractivity contribution in [3.05, 3.63) is 34.1 Å². The normalized spacial score (nSPS) is 10.8. The van der Waals surface area contributed by atoms with Gasteiger partial charge in [-0.3, -0.25) is 15.4 Å². The minimum atomic E-state index is -0.754. The number of benzene rings is 1. The molecule has 0 radical (unpaired) electrons. The van der Waals surface area contributed by atoms with Crippen LogP contribution in [0.4, 0.5) is 15.8 Å². The van der Waals surface area contributed by atoms with Crippen LogP contribution >= 0.6 is 11.8 Å². The highest BCUT2D eigenvalue weighted by atomic mass is 32.2. The second kappa shape index (κ2) is 5.81. The first kappa shape index (κ1) is 12.9. The van der Waals surface area contributed by atoms with E-state index >= 15 is 0 Å². The Kier molecular flexibility index (Phi) is 4.42. The molecule has 1 N–H and O–H groups in total. The standard InChI is InChI=1S/C9H7FN4O2S/c1-17-9(12-5-11)13-7-2-6(10)3-8(4-7)14(15)16/h2-4H,1H3,(H,12,13). The summed E-state index contributed by atoms with van der Waals surface area (Å²) in [5.74, 6) is -0.754. The number of nitro groups is 1. The molecule has 8 heteroatoms. The van der Waals surface area contributed by atoms with Gasteiger partial charge in [-0.2, -0.15) is 5.26 Å². The summed E-state index contributed by atoms with van der Waals surface area (Å²) in [6, 6.07) is 2.97. The first-order valence-electron chi connectivity index (χ1n) is 4.29. The van der Waals surface area contributed by atoms with E-state index in [0.29, 0.717) is 0 Å². The Morgan fingerprint density at radius 3 is 2.88 bits per heavy atom. The zero-order valence-corrected chi connectivity index (χ0v) is 9.49. The van der Waals surface area contributed by atoms with Crippen molar-refractivity contribution in [1.29, 1.82) is 5.26 Å². The fourth-order valence-electron chi connectivity index (χ4n) is 1.02. The number of rotatable bonds is 2. The molecule has 0 unspecified atom stereocenters. The van der Waals surface area contributed by atoms with Crippen LogP contribution in [0.15, 0.2) is 23.2 Å². The van der Waals surface area contributed by atoms with Crippen molar-refractivity contribution in [2.24, 2.45) is 4.99 Å². The van der Waals surface area contributed by atoms with Crippen molar-refractivity contribution in [3.63, 3.8) is 0 Å². The highest BCUT2D eigenvalue weighted by Gasteiger charge is 2.09. The number of hydrogen-bond donors (Lipinski definition) is 1. The molecule has 6 nitrogen and oxygen atoms in total. The van der Waals surface area contributed by atoms with Gasteiger partial charge < -0.3 is 0 Å². The van der Waals surface area contributed by atoms with Crippen LogP contribution in [0.3, 0.4) is 0 Å². The first-order valence-corrected chi connectivity index (χ1v) is 5.52. The van der Waals surface area contributed by atoms with Crippen LogP contribution in [0, 0.1) is 27.4 Å². The number of aliphatic imine (C=N–C) groups is 1. The fourth-order valence-corrected chi connectivity index (χ4v) is 1.36. The average Bonchev–Trinajstić information content (AvgIpc) is 2.27. The van der Waals surface area contributed by atoms with Gasteiger partial charge >= 0.3 is 0 Å². The molecule has 0 aliphatic carbocycles. The smallest absolute Gasteiger partial charge is 0.271 e.